The molecule has 20 nitrogen and oxygen atoms in total. The zero-order valence-corrected chi connectivity index (χ0v) is 37.7. The highest BCUT2D eigenvalue weighted by atomic mass is 16.7. The number of likely N-dealkylation sites (N-methyl/N-ethyl adjacent to an activating group) is 3. The van der Waals surface area contributed by atoms with Crippen molar-refractivity contribution in [3.8, 4) is 23.0 Å². The number of rotatable bonds is 6. The molecule has 1 unspecified atom stereocenters. The van der Waals surface area contributed by atoms with Gasteiger partial charge >= 0.3 is 0 Å². The van der Waals surface area contributed by atoms with E-state index in [1.807, 2.05) is 0 Å². The van der Waals surface area contributed by atoms with Gasteiger partial charge in [-0.3, -0.25) is 28.8 Å². The predicted molar refractivity (Wildman–Crippen MR) is 234 cm³/mol. The number of benzene rings is 3. The lowest BCUT2D eigenvalue weighted by atomic mass is 9.98. The molecule has 4 heterocycles. The molecule has 4 aliphatic rings. The Bertz CT molecular complexity index is 2260. The molecule has 11 atom stereocenters. The van der Waals surface area contributed by atoms with E-state index in [1.165, 1.54) is 75.9 Å². The maximum atomic E-state index is 14.9. The van der Waals surface area contributed by atoms with Gasteiger partial charge in [0.05, 0.1) is 13.7 Å². The van der Waals surface area contributed by atoms with Gasteiger partial charge in [0, 0.05) is 40.4 Å². The van der Waals surface area contributed by atoms with Gasteiger partial charge in [0.25, 0.3) is 0 Å². The molecule has 66 heavy (non-hydrogen) atoms. The molecule has 4 aliphatic heterocycles. The van der Waals surface area contributed by atoms with Crippen LogP contribution in [0.4, 0.5) is 0 Å². The number of hydrogen-bond acceptors (Lipinski definition) is 14. The first-order valence-electron chi connectivity index (χ1n) is 21.5. The number of aliphatic hydroxyl groups excluding tert-OH is 4. The van der Waals surface area contributed by atoms with E-state index in [1.54, 1.807) is 54.6 Å². The number of carbonyl (C=O) groups excluding carboxylic acids is 6. The fourth-order valence-electron chi connectivity index (χ4n) is 8.05. The van der Waals surface area contributed by atoms with Gasteiger partial charge in [0.2, 0.25) is 41.7 Å². The zero-order valence-electron chi connectivity index (χ0n) is 37.7. The van der Waals surface area contributed by atoms with E-state index in [9.17, 15) is 49.2 Å². The minimum absolute atomic E-state index is 0.00547. The minimum Gasteiger partial charge on any atom is -0.497 e. The largest absolute Gasteiger partial charge is 0.497 e. The van der Waals surface area contributed by atoms with E-state index in [4.69, 9.17) is 18.9 Å². The molecule has 0 radical (unpaired) electrons. The molecule has 356 valence electrons. The molecule has 20 heteroatoms. The van der Waals surface area contributed by atoms with Crippen molar-refractivity contribution in [3.05, 3.63) is 83.4 Å². The fraction of sp³-hybridized carbons (Fsp3) is 0.478. The normalized spacial score (nSPS) is 29.5. The van der Waals surface area contributed by atoms with Crippen molar-refractivity contribution in [2.75, 3.05) is 34.9 Å². The van der Waals surface area contributed by atoms with Crippen LogP contribution >= 0.6 is 0 Å². The number of aliphatic hydroxyl groups is 4. The van der Waals surface area contributed by atoms with Gasteiger partial charge in [-0.15, -0.1) is 0 Å². The summed E-state index contributed by atoms with van der Waals surface area (Å²) in [7, 11) is 5.76. The molecular formula is C46H58N6O14. The summed E-state index contributed by atoms with van der Waals surface area (Å²) >= 11 is 0. The second-order valence-electron chi connectivity index (χ2n) is 16.9. The Morgan fingerprint density at radius 1 is 0.652 bits per heavy atom. The predicted octanol–water partition coefficient (Wildman–Crippen LogP) is -0.984. The molecule has 0 saturated carbocycles. The van der Waals surface area contributed by atoms with Crippen LogP contribution in [0.25, 0.3) is 0 Å². The van der Waals surface area contributed by atoms with Crippen LogP contribution in [0.2, 0.25) is 0 Å². The summed E-state index contributed by atoms with van der Waals surface area (Å²) in [6, 6.07) is 10.7. The second-order valence-corrected chi connectivity index (χ2v) is 16.9. The van der Waals surface area contributed by atoms with Crippen LogP contribution in [0.5, 0.6) is 23.0 Å². The Labute approximate surface area is 381 Å². The zero-order chi connectivity index (χ0) is 48.1. The molecule has 7 rings (SSSR count). The summed E-state index contributed by atoms with van der Waals surface area (Å²) in [6.45, 7) is 3.63. The van der Waals surface area contributed by atoms with Crippen LogP contribution in [-0.4, -0.2) is 172 Å². The highest BCUT2D eigenvalue weighted by molar-refractivity contribution is 5.98. The number of fused-ring (bicyclic) bond motifs is 2. The third kappa shape index (κ3) is 10.9. The first-order chi connectivity index (χ1) is 31.3. The summed E-state index contributed by atoms with van der Waals surface area (Å²) in [5.74, 6) is -3.10. The first-order valence-corrected chi connectivity index (χ1v) is 21.5. The van der Waals surface area contributed by atoms with Crippen molar-refractivity contribution in [1.82, 2.24) is 30.7 Å². The minimum atomic E-state index is -1.73. The molecule has 7 N–H and O–H groups in total. The third-order valence-electron chi connectivity index (χ3n) is 12.2. The molecule has 3 aromatic carbocycles. The summed E-state index contributed by atoms with van der Waals surface area (Å²) in [4.78, 5) is 89.0. The monoisotopic (exact) mass is 918 g/mol. The van der Waals surface area contributed by atoms with Crippen molar-refractivity contribution < 1.29 is 68.1 Å². The molecule has 0 spiro atoms. The lowest BCUT2D eigenvalue weighted by Crippen LogP contribution is -2.61. The van der Waals surface area contributed by atoms with Gasteiger partial charge in [0.15, 0.2) is 11.5 Å². The lowest BCUT2D eigenvalue weighted by Gasteiger charge is -2.39. The van der Waals surface area contributed by atoms with Crippen LogP contribution in [0.15, 0.2) is 66.7 Å². The van der Waals surface area contributed by atoms with Crippen LogP contribution < -0.4 is 30.2 Å². The second kappa shape index (κ2) is 20.9. The molecule has 6 bridgehead atoms. The Morgan fingerprint density at radius 2 is 1.23 bits per heavy atom. The number of carbonyl (C=O) groups is 6. The van der Waals surface area contributed by atoms with Crippen molar-refractivity contribution in [3.63, 3.8) is 0 Å². The van der Waals surface area contributed by atoms with Crippen LogP contribution in [0, 0.1) is 0 Å². The Balaban J connectivity index is 1.38. The number of amides is 6. The maximum Gasteiger partial charge on any atom is 0.246 e. The van der Waals surface area contributed by atoms with E-state index in [2.05, 4.69) is 16.0 Å². The summed E-state index contributed by atoms with van der Waals surface area (Å²) in [6.07, 6.45) is -8.08. The molecule has 2 fully saturated rings. The molecule has 0 aromatic heterocycles. The van der Waals surface area contributed by atoms with Crippen LogP contribution in [0.3, 0.4) is 0 Å². The smallest absolute Gasteiger partial charge is 0.246 e. The topological polar surface area (TPSA) is 266 Å². The van der Waals surface area contributed by atoms with Crippen molar-refractivity contribution in [2.45, 2.75) is 107 Å². The van der Waals surface area contributed by atoms with Crippen LogP contribution in [0.1, 0.15) is 37.5 Å². The lowest BCUT2D eigenvalue weighted by molar-refractivity contribution is -0.277. The van der Waals surface area contributed by atoms with Crippen LogP contribution in [-0.2, 0) is 52.8 Å². The fourth-order valence-corrected chi connectivity index (χ4v) is 8.05. The van der Waals surface area contributed by atoms with Gasteiger partial charge < -0.3 is 70.0 Å². The SMILES string of the molecule is COc1ccc(C[C@H]2C(=O)N[C@@H](C)C(=O)N(C)C3Cc4ccc(cc4)Oc4cc(ccc4O[C@@H]4O[C@H](CO)[C@@H](O)[C@H](O)[C@H]4O)C[C@@H](C(=O)N[C@H](C)C(=O)N[C@@H](C)C(=O)N2C)N(C)C3=O)cc1. The number of methoxy groups -OCH3 is 1. The Morgan fingerprint density at radius 3 is 1.86 bits per heavy atom. The van der Waals surface area contributed by atoms with E-state index >= 15 is 0 Å². The van der Waals surface area contributed by atoms with Crippen molar-refractivity contribution >= 4 is 35.4 Å². The molecule has 0 aliphatic carbocycles. The molecule has 2 saturated heterocycles. The van der Waals surface area contributed by atoms with Gasteiger partial charge in [-0.25, -0.2) is 0 Å². The number of nitrogens with zero attached hydrogens (tertiary/aromatic N) is 3. The average Bonchev–Trinajstić information content (AvgIpc) is 3.30. The average molecular weight is 919 g/mol. The van der Waals surface area contributed by atoms with E-state index in [0.29, 0.717) is 28.2 Å². The highest BCUT2D eigenvalue weighted by Crippen LogP contribution is 2.36. The number of ether oxygens (including phenoxy) is 4. The summed E-state index contributed by atoms with van der Waals surface area (Å²) in [5.41, 5.74) is 1.67. The number of nitrogens with one attached hydrogen (secondary N) is 3. The molecule has 6 amide bonds. The van der Waals surface area contributed by atoms with Gasteiger partial charge in [-0.2, -0.15) is 0 Å². The first kappa shape index (κ1) is 49.1. The highest BCUT2D eigenvalue weighted by Gasteiger charge is 2.45. The van der Waals surface area contributed by atoms with Gasteiger partial charge in [-0.1, -0.05) is 30.3 Å². The quantitative estimate of drug-likeness (QED) is 0.157. The third-order valence-corrected chi connectivity index (χ3v) is 12.2. The molecular weight excluding hydrogens is 861 g/mol. The van der Waals surface area contributed by atoms with Gasteiger partial charge in [-0.05, 0) is 73.9 Å². The molecule has 3 aromatic rings. The van der Waals surface area contributed by atoms with Gasteiger partial charge in [0.1, 0.15) is 72.2 Å². The summed E-state index contributed by atoms with van der Waals surface area (Å²) in [5, 5.41) is 49.2. The van der Waals surface area contributed by atoms with E-state index in [-0.39, 0.29) is 30.8 Å². The standard InChI is InChI=1S/C46H58N6O14/c1-23-40(57)48-24(2)43(60)50(4)31(18-26-8-13-29(63-7)14-9-26)42(59)49-25(3)44(61)52(6)33-19-27-10-15-30(16-11-27)64-35-21-28(20-32(41(58)47-23)51(5)45(33)62)12-17-34(35)65-46-39(56)38(55)37(54)36(22-53)66-46/h8-17,21,23-25,31-33,36-39,46,53-56H,18-20,22H2,1-7H3,(H,47,58)(H,48,57)(H,49,59)/t23-,24+,25+,31+,32+,33?,36-,37-,38+,39-,46-/m1/s1. The van der Waals surface area contributed by atoms with Crippen molar-refractivity contribution in [1.29, 1.82) is 0 Å². The summed E-state index contributed by atoms with van der Waals surface area (Å²) < 4.78 is 23.1. The van der Waals surface area contributed by atoms with Crippen molar-refractivity contribution in [2.24, 2.45) is 0 Å². The Kier molecular flexibility index (Phi) is 15.5. The Hall–Kier alpha value is -6.32. The maximum absolute atomic E-state index is 14.9. The number of hydrogen-bond donors (Lipinski definition) is 7. The van der Waals surface area contributed by atoms with E-state index in [0.717, 1.165) is 0 Å². The van der Waals surface area contributed by atoms with E-state index < -0.39 is 109 Å².